The Morgan fingerprint density at radius 1 is 1.10 bits per heavy atom. The van der Waals surface area contributed by atoms with Gasteiger partial charge in [0.2, 0.25) is 0 Å². The molecule has 0 atom stereocenters. The van der Waals surface area contributed by atoms with Crippen LogP contribution in [0.4, 0.5) is 5.69 Å². The second kappa shape index (κ2) is 5.42. The predicted molar refractivity (Wildman–Crippen MR) is 82.8 cm³/mol. The predicted octanol–water partition coefficient (Wildman–Crippen LogP) is 3.85. The molecule has 1 amide bonds. The Morgan fingerprint density at radius 2 is 1.86 bits per heavy atom. The number of halogens is 1. The first-order valence-corrected chi connectivity index (χ1v) is 6.66. The third-order valence-corrected chi connectivity index (χ3v) is 3.47. The molecule has 1 aromatic heterocycles. The third kappa shape index (κ3) is 2.53. The standard InChI is InChI=1S/C16H11ClN2O2/c17-13-9-18-8-7-12(13)16(21)19-14-5-1-4-11-10(14)3-2-6-15(11)20/h1-9,20H,(H,19,21). The first-order chi connectivity index (χ1) is 10.2. The summed E-state index contributed by atoms with van der Waals surface area (Å²) in [6, 6.07) is 12.1. The van der Waals surface area contributed by atoms with Crippen molar-refractivity contribution in [1.29, 1.82) is 0 Å². The van der Waals surface area contributed by atoms with E-state index < -0.39 is 0 Å². The van der Waals surface area contributed by atoms with Crippen LogP contribution in [0.15, 0.2) is 54.9 Å². The maximum Gasteiger partial charge on any atom is 0.257 e. The monoisotopic (exact) mass is 298 g/mol. The van der Waals surface area contributed by atoms with Gasteiger partial charge in [-0.3, -0.25) is 9.78 Å². The van der Waals surface area contributed by atoms with Gasteiger partial charge in [-0.05, 0) is 18.2 Å². The number of rotatable bonds is 2. The van der Waals surface area contributed by atoms with Crippen LogP contribution >= 0.6 is 11.6 Å². The smallest absolute Gasteiger partial charge is 0.257 e. The molecule has 0 unspecified atom stereocenters. The van der Waals surface area contributed by atoms with Gasteiger partial charge in [0.25, 0.3) is 5.91 Å². The molecule has 104 valence electrons. The molecule has 2 N–H and O–H groups in total. The number of amides is 1. The van der Waals surface area contributed by atoms with Crippen LogP contribution in [-0.2, 0) is 0 Å². The zero-order chi connectivity index (χ0) is 14.8. The number of phenols is 1. The number of benzene rings is 2. The van der Waals surface area contributed by atoms with Crippen molar-refractivity contribution >= 4 is 34.0 Å². The number of carbonyl (C=O) groups excluding carboxylic acids is 1. The minimum absolute atomic E-state index is 0.172. The van der Waals surface area contributed by atoms with Crippen LogP contribution in [0, 0.1) is 0 Å². The fraction of sp³-hybridized carbons (Fsp3) is 0. The van der Waals surface area contributed by atoms with Crippen LogP contribution in [0.2, 0.25) is 5.02 Å². The number of aromatic nitrogens is 1. The second-order valence-electron chi connectivity index (χ2n) is 4.49. The lowest BCUT2D eigenvalue weighted by molar-refractivity contribution is 0.102. The first-order valence-electron chi connectivity index (χ1n) is 6.28. The summed E-state index contributed by atoms with van der Waals surface area (Å²) in [7, 11) is 0. The Balaban J connectivity index is 2.01. The van der Waals surface area contributed by atoms with Gasteiger partial charge in [-0.1, -0.05) is 35.9 Å². The summed E-state index contributed by atoms with van der Waals surface area (Å²) in [5.74, 6) is -0.149. The summed E-state index contributed by atoms with van der Waals surface area (Å²) in [5, 5.41) is 14.4. The number of nitrogens with zero attached hydrogens (tertiary/aromatic N) is 1. The number of hydrogen-bond donors (Lipinski definition) is 2. The van der Waals surface area contributed by atoms with Gasteiger partial charge in [0.05, 0.1) is 10.6 Å². The van der Waals surface area contributed by atoms with E-state index in [1.807, 2.05) is 6.07 Å². The SMILES string of the molecule is O=C(Nc1cccc2c(O)cccc12)c1ccncc1Cl. The minimum atomic E-state index is -0.321. The highest BCUT2D eigenvalue weighted by Gasteiger charge is 2.12. The van der Waals surface area contributed by atoms with E-state index in [-0.39, 0.29) is 16.7 Å². The van der Waals surface area contributed by atoms with Crippen LogP contribution in [0.25, 0.3) is 10.8 Å². The van der Waals surface area contributed by atoms with Gasteiger partial charge in [-0.15, -0.1) is 0 Å². The molecule has 5 heteroatoms. The molecule has 0 aliphatic rings. The number of fused-ring (bicyclic) bond motifs is 1. The summed E-state index contributed by atoms with van der Waals surface area (Å²) in [4.78, 5) is 16.1. The molecule has 21 heavy (non-hydrogen) atoms. The highest BCUT2D eigenvalue weighted by Crippen LogP contribution is 2.30. The molecule has 0 spiro atoms. The molecule has 3 rings (SSSR count). The zero-order valence-electron chi connectivity index (χ0n) is 10.9. The molecule has 0 aliphatic carbocycles. The van der Waals surface area contributed by atoms with Gasteiger partial charge in [-0.25, -0.2) is 0 Å². The first kappa shape index (κ1) is 13.4. The minimum Gasteiger partial charge on any atom is -0.507 e. The molecule has 0 saturated carbocycles. The van der Waals surface area contributed by atoms with E-state index in [1.165, 1.54) is 12.4 Å². The molecule has 0 bridgehead atoms. The number of carbonyl (C=O) groups is 1. The molecular formula is C16H11ClN2O2. The highest BCUT2D eigenvalue weighted by molar-refractivity contribution is 6.34. The van der Waals surface area contributed by atoms with Gasteiger partial charge in [0.15, 0.2) is 0 Å². The summed E-state index contributed by atoms with van der Waals surface area (Å²) in [5.41, 5.74) is 0.963. The average molecular weight is 299 g/mol. The van der Waals surface area contributed by atoms with Crippen molar-refractivity contribution in [2.24, 2.45) is 0 Å². The van der Waals surface area contributed by atoms with E-state index in [2.05, 4.69) is 10.3 Å². The Bertz CT molecular complexity index is 833. The van der Waals surface area contributed by atoms with Crippen LogP contribution in [0.3, 0.4) is 0 Å². The quantitative estimate of drug-likeness (QED) is 0.755. The van der Waals surface area contributed by atoms with Crippen molar-refractivity contribution in [3.8, 4) is 5.75 Å². The Morgan fingerprint density at radius 3 is 2.67 bits per heavy atom. The molecule has 0 fully saturated rings. The largest absolute Gasteiger partial charge is 0.507 e. The van der Waals surface area contributed by atoms with Crippen LogP contribution < -0.4 is 5.32 Å². The molecular weight excluding hydrogens is 288 g/mol. The zero-order valence-corrected chi connectivity index (χ0v) is 11.6. The summed E-state index contributed by atoms with van der Waals surface area (Å²) < 4.78 is 0. The number of nitrogens with one attached hydrogen (secondary N) is 1. The topological polar surface area (TPSA) is 62.2 Å². The molecule has 0 saturated heterocycles. The Labute approximate surface area is 126 Å². The second-order valence-corrected chi connectivity index (χ2v) is 4.89. The molecule has 2 aromatic carbocycles. The van der Waals surface area contributed by atoms with Crippen molar-refractivity contribution in [2.45, 2.75) is 0 Å². The Hall–Kier alpha value is -2.59. The van der Waals surface area contributed by atoms with Crippen molar-refractivity contribution in [3.63, 3.8) is 0 Å². The van der Waals surface area contributed by atoms with Gasteiger partial charge in [-0.2, -0.15) is 0 Å². The molecule has 0 aliphatic heterocycles. The van der Waals surface area contributed by atoms with Gasteiger partial charge in [0.1, 0.15) is 5.75 Å². The number of anilines is 1. The maximum absolute atomic E-state index is 12.3. The van der Waals surface area contributed by atoms with Crippen LogP contribution in [0.1, 0.15) is 10.4 Å². The normalized spacial score (nSPS) is 10.5. The van der Waals surface area contributed by atoms with Crippen molar-refractivity contribution < 1.29 is 9.90 Å². The number of pyridine rings is 1. The average Bonchev–Trinajstić information content (AvgIpc) is 2.49. The highest BCUT2D eigenvalue weighted by atomic mass is 35.5. The van der Waals surface area contributed by atoms with Crippen LogP contribution in [-0.4, -0.2) is 16.0 Å². The number of aromatic hydroxyl groups is 1. The van der Waals surface area contributed by atoms with Gasteiger partial charge in [0, 0.05) is 28.9 Å². The fourth-order valence-electron chi connectivity index (χ4n) is 2.15. The summed E-state index contributed by atoms with van der Waals surface area (Å²) in [6.07, 6.45) is 2.93. The van der Waals surface area contributed by atoms with E-state index in [0.29, 0.717) is 16.6 Å². The van der Waals surface area contributed by atoms with E-state index in [0.717, 1.165) is 5.39 Å². The van der Waals surface area contributed by atoms with Crippen LogP contribution in [0.5, 0.6) is 5.75 Å². The van der Waals surface area contributed by atoms with E-state index in [4.69, 9.17) is 11.6 Å². The lowest BCUT2D eigenvalue weighted by atomic mass is 10.1. The van der Waals surface area contributed by atoms with Crippen molar-refractivity contribution in [3.05, 3.63) is 65.4 Å². The fourth-order valence-corrected chi connectivity index (χ4v) is 2.36. The van der Waals surface area contributed by atoms with E-state index >= 15 is 0 Å². The molecule has 1 heterocycles. The number of hydrogen-bond acceptors (Lipinski definition) is 3. The lowest BCUT2D eigenvalue weighted by Crippen LogP contribution is -2.12. The third-order valence-electron chi connectivity index (χ3n) is 3.16. The Kier molecular flexibility index (Phi) is 3.46. The molecule has 0 radical (unpaired) electrons. The van der Waals surface area contributed by atoms with E-state index in [9.17, 15) is 9.90 Å². The molecule has 3 aromatic rings. The molecule has 4 nitrogen and oxygen atoms in total. The summed E-state index contributed by atoms with van der Waals surface area (Å²) in [6.45, 7) is 0. The van der Waals surface area contributed by atoms with E-state index in [1.54, 1.807) is 36.4 Å². The maximum atomic E-state index is 12.3. The lowest BCUT2D eigenvalue weighted by Gasteiger charge is -2.10. The van der Waals surface area contributed by atoms with Gasteiger partial charge >= 0.3 is 0 Å². The van der Waals surface area contributed by atoms with Crippen molar-refractivity contribution in [1.82, 2.24) is 4.98 Å². The number of phenolic OH excluding ortho intramolecular Hbond substituents is 1. The summed E-state index contributed by atoms with van der Waals surface area (Å²) >= 11 is 5.97. The van der Waals surface area contributed by atoms with Gasteiger partial charge < -0.3 is 10.4 Å². The van der Waals surface area contributed by atoms with Crippen molar-refractivity contribution in [2.75, 3.05) is 5.32 Å².